The van der Waals surface area contributed by atoms with Crippen LogP contribution in [0.3, 0.4) is 0 Å². The fourth-order valence-corrected chi connectivity index (χ4v) is 3.51. The normalized spacial score (nSPS) is 29.2. The van der Waals surface area contributed by atoms with Crippen molar-refractivity contribution in [2.24, 2.45) is 0 Å². The number of nitro groups is 1. The molecule has 10 heteroatoms. The van der Waals surface area contributed by atoms with E-state index in [1.807, 2.05) is 0 Å². The van der Waals surface area contributed by atoms with Gasteiger partial charge >= 0.3 is 5.97 Å². The molecule has 2 saturated heterocycles. The third kappa shape index (κ3) is 3.66. The van der Waals surface area contributed by atoms with Crippen LogP contribution in [0.5, 0.6) is 0 Å². The van der Waals surface area contributed by atoms with Crippen molar-refractivity contribution >= 4 is 11.7 Å². The zero-order valence-electron chi connectivity index (χ0n) is 16.2. The second-order valence-corrected chi connectivity index (χ2v) is 7.23. The Kier molecular flexibility index (Phi) is 4.93. The largest absolute Gasteiger partial charge is 0.486 e. The van der Waals surface area contributed by atoms with E-state index in [0.29, 0.717) is 5.56 Å². The van der Waals surface area contributed by atoms with Gasteiger partial charge in [0.2, 0.25) is 5.76 Å². The van der Waals surface area contributed by atoms with E-state index in [9.17, 15) is 14.9 Å². The van der Waals surface area contributed by atoms with Crippen LogP contribution in [-0.4, -0.2) is 47.9 Å². The molecule has 0 aliphatic carbocycles. The highest BCUT2D eigenvalue weighted by atomic mass is 16.8. The first kappa shape index (κ1) is 19.6. The van der Waals surface area contributed by atoms with Crippen molar-refractivity contribution in [1.29, 1.82) is 0 Å². The predicted molar refractivity (Wildman–Crippen MR) is 95.1 cm³/mol. The van der Waals surface area contributed by atoms with Crippen molar-refractivity contribution in [3.63, 3.8) is 0 Å². The lowest BCUT2D eigenvalue weighted by Crippen LogP contribution is -2.34. The molecule has 0 amide bonds. The molecule has 3 heterocycles. The van der Waals surface area contributed by atoms with E-state index in [-0.39, 0.29) is 30.4 Å². The molecule has 4 rings (SSSR count). The highest BCUT2D eigenvalue weighted by Crippen LogP contribution is 2.45. The van der Waals surface area contributed by atoms with E-state index in [1.54, 1.807) is 32.9 Å². The summed E-state index contributed by atoms with van der Waals surface area (Å²) in [5, 5.41) is 10.8. The molecule has 3 aliphatic heterocycles. The zero-order chi connectivity index (χ0) is 20.8. The molecule has 4 atom stereocenters. The van der Waals surface area contributed by atoms with Gasteiger partial charge in [-0.05, 0) is 38.5 Å². The van der Waals surface area contributed by atoms with Gasteiger partial charge in [-0.25, -0.2) is 4.79 Å². The van der Waals surface area contributed by atoms with Gasteiger partial charge in [0.1, 0.15) is 6.61 Å². The fraction of sp³-hybridized carbons (Fsp3) is 0.526. The summed E-state index contributed by atoms with van der Waals surface area (Å²) in [5.74, 6) is -1.34. The van der Waals surface area contributed by atoms with Crippen molar-refractivity contribution in [3.8, 4) is 0 Å². The third-order valence-electron chi connectivity index (χ3n) is 4.73. The number of carbonyl (C=O) groups excluding carboxylic acids is 1. The molecule has 0 N–H and O–H groups in total. The highest BCUT2D eigenvalue weighted by Gasteiger charge is 2.61. The Morgan fingerprint density at radius 2 is 1.93 bits per heavy atom. The van der Waals surface area contributed by atoms with Gasteiger partial charge in [-0.15, -0.1) is 0 Å². The first-order valence-electron chi connectivity index (χ1n) is 9.24. The monoisotopic (exact) mass is 407 g/mol. The first-order chi connectivity index (χ1) is 13.8. The highest BCUT2D eigenvalue weighted by molar-refractivity contribution is 5.87. The Labute approximate surface area is 166 Å². The lowest BCUT2D eigenvalue weighted by molar-refractivity contribution is -0.384. The Bertz CT molecular complexity index is 848. The molecular formula is C19H21NO9. The van der Waals surface area contributed by atoms with Crippen LogP contribution in [0.1, 0.15) is 26.3 Å². The van der Waals surface area contributed by atoms with E-state index in [2.05, 4.69) is 0 Å². The molecule has 0 aromatic heterocycles. The van der Waals surface area contributed by atoms with Crippen LogP contribution < -0.4 is 0 Å². The summed E-state index contributed by atoms with van der Waals surface area (Å²) in [6, 6.07) is 5.92. The second kappa shape index (κ2) is 7.29. The van der Waals surface area contributed by atoms with E-state index in [4.69, 9.17) is 28.4 Å². The molecule has 3 aliphatic rings. The average molecular weight is 407 g/mol. The minimum absolute atomic E-state index is 0.0201. The lowest BCUT2D eigenvalue weighted by Gasteiger charge is -2.21. The Hall–Kier alpha value is -2.69. The molecule has 1 aromatic carbocycles. The van der Waals surface area contributed by atoms with Crippen LogP contribution in [0.4, 0.5) is 5.69 Å². The molecule has 10 nitrogen and oxygen atoms in total. The Morgan fingerprint density at radius 1 is 1.21 bits per heavy atom. The summed E-state index contributed by atoms with van der Waals surface area (Å²) in [5.41, 5.74) is 0.662. The quantitative estimate of drug-likeness (QED) is 0.397. The molecule has 1 aromatic rings. The topological polar surface area (TPSA) is 116 Å². The van der Waals surface area contributed by atoms with Crippen LogP contribution in [0.25, 0.3) is 0 Å². The van der Waals surface area contributed by atoms with Crippen LogP contribution in [0.2, 0.25) is 0 Å². The average Bonchev–Trinajstić information content (AvgIpc) is 3.26. The maximum absolute atomic E-state index is 12.3. The van der Waals surface area contributed by atoms with Crippen LogP contribution >= 0.6 is 0 Å². The van der Waals surface area contributed by atoms with Crippen molar-refractivity contribution in [3.05, 3.63) is 51.5 Å². The Morgan fingerprint density at radius 3 is 2.59 bits per heavy atom. The summed E-state index contributed by atoms with van der Waals surface area (Å²) >= 11 is 0. The number of non-ortho nitro benzene ring substituents is 1. The lowest BCUT2D eigenvalue weighted by atomic mass is 10.1. The standard InChI is InChI=1S/C19H21NO9/c1-4-24-17(21)15-12(25-9-10-5-7-11(8-6-10)20(22)23)13-14(26-15)16-18(27-13)29-19(2,3)28-16/h5-8,13-14,16,18H,4,9H2,1-3H3/t13?,14?,16-,18-/m1/s1. The number of hydrogen-bond donors (Lipinski definition) is 0. The van der Waals surface area contributed by atoms with Crippen LogP contribution in [0, 0.1) is 10.1 Å². The fourth-order valence-electron chi connectivity index (χ4n) is 3.51. The number of hydrogen-bond acceptors (Lipinski definition) is 9. The number of carbonyl (C=O) groups is 1. The molecular weight excluding hydrogens is 386 g/mol. The third-order valence-corrected chi connectivity index (χ3v) is 4.73. The van der Waals surface area contributed by atoms with Gasteiger partial charge in [0.25, 0.3) is 5.69 Å². The number of rotatable bonds is 6. The van der Waals surface area contributed by atoms with Crippen LogP contribution in [-0.2, 0) is 39.8 Å². The summed E-state index contributed by atoms with van der Waals surface area (Å²) < 4.78 is 34.2. The van der Waals surface area contributed by atoms with Gasteiger partial charge in [0.15, 0.2) is 36.1 Å². The van der Waals surface area contributed by atoms with Crippen LogP contribution in [0.15, 0.2) is 35.8 Å². The number of fused-ring (bicyclic) bond motifs is 3. The van der Waals surface area contributed by atoms with Gasteiger partial charge in [-0.1, -0.05) is 0 Å². The second-order valence-electron chi connectivity index (χ2n) is 7.23. The number of nitro benzene ring substituents is 1. The molecule has 0 saturated carbocycles. The number of esters is 1. The number of ether oxygens (including phenoxy) is 6. The summed E-state index contributed by atoms with van der Waals surface area (Å²) in [7, 11) is 0. The molecule has 2 unspecified atom stereocenters. The number of nitrogens with zero attached hydrogens (tertiary/aromatic N) is 1. The summed E-state index contributed by atoms with van der Waals surface area (Å²) in [6.07, 6.45) is -2.44. The van der Waals surface area contributed by atoms with Crippen molar-refractivity contribution in [2.45, 2.75) is 57.8 Å². The molecule has 0 bridgehead atoms. The van der Waals surface area contributed by atoms with Gasteiger partial charge in [0, 0.05) is 12.1 Å². The predicted octanol–water partition coefficient (Wildman–Crippen LogP) is 2.16. The Balaban J connectivity index is 1.52. The molecule has 2 fully saturated rings. The zero-order valence-corrected chi connectivity index (χ0v) is 16.2. The molecule has 0 radical (unpaired) electrons. The van der Waals surface area contributed by atoms with E-state index in [1.165, 1.54) is 12.1 Å². The van der Waals surface area contributed by atoms with Crippen molar-refractivity contribution in [1.82, 2.24) is 0 Å². The van der Waals surface area contributed by atoms with Gasteiger partial charge in [-0.3, -0.25) is 10.1 Å². The maximum atomic E-state index is 12.3. The first-order valence-corrected chi connectivity index (χ1v) is 9.24. The summed E-state index contributed by atoms with van der Waals surface area (Å²) in [4.78, 5) is 22.7. The van der Waals surface area contributed by atoms with Gasteiger partial charge in [-0.2, -0.15) is 0 Å². The minimum atomic E-state index is -0.823. The van der Waals surface area contributed by atoms with Gasteiger partial charge < -0.3 is 28.4 Å². The van der Waals surface area contributed by atoms with Crippen molar-refractivity contribution in [2.75, 3.05) is 6.61 Å². The van der Waals surface area contributed by atoms with E-state index in [0.717, 1.165) is 0 Å². The molecule has 156 valence electrons. The molecule has 0 spiro atoms. The van der Waals surface area contributed by atoms with Gasteiger partial charge in [0.05, 0.1) is 11.5 Å². The molecule has 29 heavy (non-hydrogen) atoms. The smallest absolute Gasteiger partial charge is 0.377 e. The minimum Gasteiger partial charge on any atom is -0.486 e. The van der Waals surface area contributed by atoms with Crippen molar-refractivity contribution < 1.29 is 38.1 Å². The maximum Gasteiger partial charge on any atom is 0.377 e. The van der Waals surface area contributed by atoms with E-state index >= 15 is 0 Å². The SMILES string of the molecule is CCOC(=O)C1=C(OCc2ccc([N+](=O)[O-])cc2)C2O[C@@H]3OC(C)(C)O[C@@H]3C2O1. The van der Waals surface area contributed by atoms with E-state index < -0.39 is 41.3 Å². The number of benzene rings is 1. The summed E-state index contributed by atoms with van der Waals surface area (Å²) in [6.45, 7) is 5.47.